The quantitative estimate of drug-likeness (QED) is 0.250. The van der Waals surface area contributed by atoms with E-state index in [1.54, 1.807) is 17.4 Å². The molecular formula is C21H27F3N3O5P. The van der Waals surface area contributed by atoms with Crippen LogP contribution in [0.1, 0.15) is 39.2 Å². The Hall–Kier alpha value is -2.67. The Balaban J connectivity index is 2.68. The van der Waals surface area contributed by atoms with Crippen molar-refractivity contribution < 1.29 is 36.4 Å². The van der Waals surface area contributed by atoms with Gasteiger partial charge in [-0.3, -0.25) is 14.2 Å². The largest absolute Gasteiger partial charge is 0.471 e. The van der Waals surface area contributed by atoms with Crippen LogP contribution in [-0.4, -0.2) is 36.8 Å². The summed E-state index contributed by atoms with van der Waals surface area (Å²) in [7, 11) is -3.44. The summed E-state index contributed by atoms with van der Waals surface area (Å²) in [5.41, 5.74) is 1.95. The van der Waals surface area contributed by atoms with Crippen LogP contribution in [0.5, 0.6) is 0 Å². The fourth-order valence-corrected chi connectivity index (χ4v) is 3.85. The summed E-state index contributed by atoms with van der Waals surface area (Å²) in [6, 6.07) is 6.62. The van der Waals surface area contributed by atoms with Gasteiger partial charge in [0.2, 0.25) is 5.91 Å². The van der Waals surface area contributed by atoms with E-state index >= 15 is 0 Å². The zero-order chi connectivity index (χ0) is 25.1. The topological polar surface area (TPSA) is 118 Å². The first-order valence-corrected chi connectivity index (χ1v) is 11.7. The average Bonchev–Trinajstić information content (AvgIpc) is 2.72. The number of nitrogens with one attached hydrogen (secondary N) is 2. The zero-order valence-electron chi connectivity index (χ0n) is 18.6. The van der Waals surface area contributed by atoms with E-state index in [0.29, 0.717) is 12.0 Å². The van der Waals surface area contributed by atoms with Gasteiger partial charge in [-0.25, -0.2) is 0 Å². The fraction of sp³-hybridized carbons (Fsp3) is 0.476. The van der Waals surface area contributed by atoms with Crippen LogP contribution in [0.4, 0.5) is 18.9 Å². The number of amides is 2. The molecule has 0 aliphatic rings. The lowest BCUT2D eigenvalue weighted by Crippen LogP contribution is -2.47. The van der Waals surface area contributed by atoms with Crippen molar-refractivity contribution in [2.75, 3.05) is 18.1 Å². The molecule has 0 saturated carbocycles. The van der Waals surface area contributed by atoms with Crippen LogP contribution in [0.15, 0.2) is 35.9 Å². The lowest BCUT2D eigenvalue weighted by atomic mass is 10.2. The van der Waals surface area contributed by atoms with Gasteiger partial charge < -0.3 is 19.7 Å². The molecule has 1 aromatic carbocycles. The van der Waals surface area contributed by atoms with Gasteiger partial charge in [0.05, 0.1) is 31.9 Å². The van der Waals surface area contributed by atoms with Crippen LogP contribution < -0.4 is 10.6 Å². The molecule has 0 fully saturated rings. The predicted octanol–water partition coefficient (Wildman–Crippen LogP) is 4.69. The van der Waals surface area contributed by atoms with Gasteiger partial charge >= 0.3 is 19.7 Å². The van der Waals surface area contributed by atoms with Gasteiger partial charge in [0.25, 0.3) is 0 Å². The number of carbonyl (C=O) groups excluding carboxylic acids is 2. The van der Waals surface area contributed by atoms with Crippen LogP contribution in [-0.2, 0) is 29.8 Å². The summed E-state index contributed by atoms with van der Waals surface area (Å²) in [6.07, 6.45) is -2.47. The Kier molecular flexibility index (Phi) is 11.3. The fourth-order valence-electron chi connectivity index (χ4n) is 2.36. The minimum Gasteiger partial charge on any atom is -0.337 e. The van der Waals surface area contributed by atoms with E-state index in [2.05, 4.69) is 5.32 Å². The molecule has 33 heavy (non-hydrogen) atoms. The summed E-state index contributed by atoms with van der Waals surface area (Å²) in [5, 5.41) is 12.6. The Morgan fingerprint density at radius 2 is 1.85 bits per heavy atom. The molecule has 0 aliphatic carbocycles. The zero-order valence-corrected chi connectivity index (χ0v) is 19.5. The van der Waals surface area contributed by atoms with Gasteiger partial charge in [-0.15, -0.1) is 0 Å². The van der Waals surface area contributed by atoms with Gasteiger partial charge in [0, 0.05) is 5.69 Å². The van der Waals surface area contributed by atoms with E-state index < -0.39 is 31.6 Å². The Labute approximate surface area is 190 Å². The van der Waals surface area contributed by atoms with E-state index in [1.807, 2.05) is 26.0 Å². The highest BCUT2D eigenvalue weighted by molar-refractivity contribution is 7.53. The van der Waals surface area contributed by atoms with Crippen LogP contribution in [0.2, 0.25) is 0 Å². The molecule has 1 unspecified atom stereocenters. The van der Waals surface area contributed by atoms with Gasteiger partial charge in [-0.05, 0) is 44.9 Å². The van der Waals surface area contributed by atoms with Crippen molar-refractivity contribution in [3.8, 4) is 6.07 Å². The molecule has 2 N–H and O–H groups in total. The molecule has 1 aromatic rings. The van der Waals surface area contributed by atoms with Crippen molar-refractivity contribution in [3.05, 3.63) is 41.5 Å². The number of rotatable bonds is 12. The third-order valence-electron chi connectivity index (χ3n) is 4.11. The molecule has 0 bridgehead atoms. The molecule has 0 heterocycles. The number of benzene rings is 1. The number of halogens is 3. The smallest absolute Gasteiger partial charge is 0.337 e. The first-order chi connectivity index (χ1) is 15.4. The molecule has 8 nitrogen and oxygen atoms in total. The number of anilines is 1. The summed E-state index contributed by atoms with van der Waals surface area (Å²) < 4.78 is 60.7. The Morgan fingerprint density at radius 1 is 1.21 bits per heavy atom. The normalized spacial score (nSPS) is 13.8. The van der Waals surface area contributed by atoms with Crippen molar-refractivity contribution in [2.24, 2.45) is 0 Å². The summed E-state index contributed by atoms with van der Waals surface area (Å²) in [6.45, 7) is 4.88. The second-order valence-corrected chi connectivity index (χ2v) is 9.48. The summed E-state index contributed by atoms with van der Waals surface area (Å²) in [4.78, 5) is 22.9. The van der Waals surface area contributed by atoms with Crippen molar-refractivity contribution in [3.63, 3.8) is 0 Å². The summed E-state index contributed by atoms with van der Waals surface area (Å²) in [5.74, 6) is -3.03. The highest BCUT2D eigenvalue weighted by Crippen LogP contribution is 2.49. The van der Waals surface area contributed by atoms with Crippen molar-refractivity contribution in [2.45, 2.75) is 52.4 Å². The third-order valence-corrected chi connectivity index (χ3v) is 6.01. The van der Waals surface area contributed by atoms with E-state index in [0.717, 1.165) is 12.5 Å². The molecule has 0 aliphatic heterocycles. The number of allylic oxidation sites excluding steroid dienone is 2. The number of carbonyl (C=O) groups is 2. The van der Waals surface area contributed by atoms with E-state index in [9.17, 15) is 27.3 Å². The van der Waals surface area contributed by atoms with Crippen LogP contribution in [0, 0.1) is 11.3 Å². The predicted molar refractivity (Wildman–Crippen MR) is 116 cm³/mol. The number of nitrogens with zero attached hydrogens (tertiary/aromatic N) is 1. The SMILES string of the molecule is CC(C)=CCCP(=O)(OCCC#N)OCc1ccc(NC(=O)[C@H](C)NC(=O)C(F)(F)F)cc1. The second kappa shape index (κ2) is 13.1. The minimum absolute atomic E-state index is 0.0172. The van der Waals surface area contributed by atoms with Crippen molar-refractivity contribution >= 4 is 25.1 Å². The summed E-state index contributed by atoms with van der Waals surface area (Å²) >= 11 is 0. The first kappa shape index (κ1) is 28.4. The lowest BCUT2D eigenvalue weighted by Gasteiger charge is -2.18. The molecule has 0 spiro atoms. The van der Waals surface area contributed by atoms with Gasteiger partial charge in [0.15, 0.2) is 0 Å². The van der Waals surface area contributed by atoms with Crippen LogP contribution >= 0.6 is 7.60 Å². The highest BCUT2D eigenvalue weighted by atomic mass is 31.2. The van der Waals surface area contributed by atoms with Crippen LogP contribution in [0.25, 0.3) is 0 Å². The molecule has 0 aromatic heterocycles. The van der Waals surface area contributed by atoms with E-state index in [4.69, 9.17) is 14.3 Å². The van der Waals surface area contributed by atoms with Crippen LogP contribution in [0.3, 0.4) is 0 Å². The van der Waals surface area contributed by atoms with E-state index in [-0.39, 0.29) is 31.5 Å². The highest BCUT2D eigenvalue weighted by Gasteiger charge is 2.40. The molecule has 182 valence electrons. The van der Waals surface area contributed by atoms with Gasteiger partial charge in [-0.1, -0.05) is 23.8 Å². The Morgan fingerprint density at radius 3 is 2.39 bits per heavy atom. The molecule has 1 rings (SSSR count). The van der Waals surface area contributed by atoms with Crippen molar-refractivity contribution in [1.29, 1.82) is 5.26 Å². The van der Waals surface area contributed by atoms with E-state index in [1.165, 1.54) is 12.1 Å². The van der Waals surface area contributed by atoms with Crippen molar-refractivity contribution in [1.82, 2.24) is 5.32 Å². The molecular weight excluding hydrogens is 462 g/mol. The number of alkyl halides is 3. The molecule has 0 saturated heterocycles. The molecule has 2 amide bonds. The maximum atomic E-state index is 12.9. The maximum Gasteiger partial charge on any atom is 0.471 e. The monoisotopic (exact) mass is 489 g/mol. The first-order valence-electron chi connectivity index (χ1n) is 10.0. The maximum absolute atomic E-state index is 12.9. The second-order valence-electron chi connectivity index (χ2n) is 7.30. The average molecular weight is 489 g/mol. The lowest BCUT2D eigenvalue weighted by molar-refractivity contribution is -0.174. The standard InChI is InChI=1S/C21H27F3N3O5P/c1-15(2)6-4-13-33(30,31-12-5-11-25)32-14-17-7-9-18(10-8-17)27-19(28)16(3)26-20(29)21(22,23)24/h6-10,16H,4-5,12-14H2,1-3H3,(H,26,29)(H,27,28)/t16-,33?/m0/s1. The number of hydrogen-bond acceptors (Lipinski definition) is 6. The van der Waals surface area contributed by atoms with Gasteiger partial charge in [0.1, 0.15) is 6.04 Å². The molecule has 0 radical (unpaired) electrons. The Bertz CT molecular complexity index is 923. The number of hydrogen-bond donors (Lipinski definition) is 2. The number of nitriles is 1. The molecule has 2 atom stereocenters. The third kappa shape index (κ3) is 11.1. The molecule has 12 heteroatoms. The minimum atomic E-state index is -5.08. The van der Waals surface area contributed by atoms with Gasteiger partial charge in [-0.2, -0.15) is 18.4 Å².